The van der Waals surface area contributed by atoms with Crippen molar-refractivity contribution in [3.05, 3.63) is 45.9 Å². The van der Waals surface area contributed by atoms with Gasteiger partial charge in [-0.1, -0.05) is 12.1 Å². The third-order valence-electron chi connectivity index (χ3n) is 3.48. The molecule has 1 amide bonds. The third-order valence-corrected chi connectivity index (χ3v) is 4.39. The number of rotatable bonds is 7. The highest BCUT2D eigenvalue weighted by Gasteiger charge is 2.33. The number of aliphatic imine (C=N–C) groups is 1. The topological polar surface area (TPSA) is 78.4 Å². The molecule has 0 fully saturated rings. The van der Waals surface area contributed by atoms with Crippen LogP contribution in [0.2, 0.25) is 0 Å². The summed E-state index contributed by atoms with van der Waals surface area (Å²) >= 11 is 0.992. The lowest BCUT2D eigenvalue weighted by Gasteiger charge is -2.11. The van der Waals surface area contributed by atoms with Crippen molar-refractivity contribution in [3.63, 3.8) is 0 Å². The summed E-state index contributed by atoms with van der Waals surface area (Å²) in [5.41, 5.74) is 0.757. The number of carbonyl (C=O) groups excluding carboxylic acids is 1. The Hall–Kier alpha value is -2.62. The number of carbonyl (C=O) groups is 1. The fraction of sp³-hybridized carbons (Fsp3) is 0.389. The van der Waals surface area contributed by atoms with Gasteiger partial charge in [-0.25, -0.2) is 9.98 Å². The first-order chi connectivity index (χ1) is 13.3. The molecule has 0 atom stereocenters. The minimum atomic E-state index is -4.41. The Morgan fingerprint density at radius 1 is 1.29 bits per heavy atom. The van der Waals surface area contributed by atoms with Gasteiger partial charge in [0, 0.05) is 37.5 Å². The summed E-state index contributed by atoms with van der Waals surface area (Å²) in [5.74, 6) is 0.409. The average Bonchev–Trinajstić information content (AvgIpc) is 3.09. The number of thiazole rings is 1. The Labute approximate surface area is 165 Å². The zero-order valence-corrected chi connectivity index (χ0v) is 16.4. The van der Waals surface area contributed by atoms with E-state index < -0.39 is 11.9 Å². The molecule has 0 unspecified atom stereocenters. The number of anilines is 1. The molecule has 152 valence electrons. The summed E-state index contributed by atoms with van der Waals surface area (Å²) in [4.78, 5) is 19.2. The maximum atomic E-state index is 12.6. The number of nitrogens with one attached hydrogen (secondary N) is 3. The summed E-state index contributed by atoms with van der Waals surface area (Å²) in [7, 11) is 0. The Morgan fingerprint density at radius 2 is 2.07 bits per heavy atom. The lowest BCUT2D eigenvalue weighted by atomic mass is 10.2. The van der Waals surface area contributed by atoms with Crippen molar-refractivity contribution in [1.82, 2.24) is 15.6 Å². The molecule has 2 aromatic rings. The predicted octanol–water partition coefficient (Wildman–Crippen LogP) is 3.42. The Bertz CT molecular complexity index is 820. The van der Waals surface area contributed by atoms with E-state index in [9.17, 15) is 18.0 Å². The maximum absolute atomic E-state index is 12.6. The van der Waals surface area contributed by atoms with Gasteiger partial charge in [0.1, 0.15) is 0 Å². The largest absolute Gasteiger partial charge is 0.434 e. The average molecular weight is 413 g/mol. The van der Waals surface area contributed by atoms with Gasteiger partial charge in [-0.15, -0.1) is 11.3 Å². The number of nitrogens with zero attached hydrogens (tertiary/aromatic N) is 2. The Kier molecular flexibility index (Phi) is 7.80. The molecule has 2 rings (SSSR count). The number of alkyl halides is 3. The molecule has 0 radical (unpaired) electrons. The van der Waals surface area contributed by atoms with E-state index >= 15 is 0 Å². The minimum Gasteiger partial charge on any atom is -0.357 e. The first kappa shape index (κ1) is 21.7. The van der Waals surface area contributed by atoms with Crippen LogP contribution in [0.5, 0.6) is 0 Å². The van der Waals surface area contributed by atoms with Crippen LogP contribution in [-0.4, -0.2) is 29.9 Å². The molecule has 1 heterocycles. The van der Waals surface area contributed by atoms with Gasteiger partial charge in [0.05, 0.1) is 11.6 Å². The highest BCUT2D eigenvalue weighted by atomic mass is 32.1. The van der Waals surface area contributed by atoms with Crippen LogP contribution in [0.1, 0.15) is 30.1 Å². The molecule has 28 heavy (non-hydrogen) atoms. The molecule has 6 nitrogen and oxygen atoms in total. The first-order valence-electron chi connectivity index (χ1n) is 8.68. The molecule has 10 heteroatoms. The molecule has 0 aliphatic heterocycles. The molecule has 0 spiro atoms. The van der Waals surface area contributed by atoms with E-state index in [1.807, 2.05) is 25.1 Å². The monoisotopic (exact) mass is 413 g/mol. The van der Waals surface area contributed by atoms with E-state index in [2.05, 4.69) is 25.9 Å². The van der Waals surface area contributed by atoms with E-state index in [1.165, 1.54) is 6.92 Å². The number of hydrogen-bond donors (Lipinski definition) is 3. The van der Waals surface area contributed by atoms with Crippen molar-refractivity contribution in [3.8, 4) is 0 Å². The smallest absolute Gasteiger partial charge is 0.357 e. The minimum absolute atomic E-state index is 0.147. The van der Waals surface area contributed by atoms with Crippen molar-refractivity contribution in [1.29, 1.82) is 0 Å². The second-order valence-corrected chi connectivity index (χ2v) is 6.82. The quantitative estimate of drug-likeness (QED) is 0.480. The molecular weight excluding hydrogens is 391 g/mol. The van der Waals surface area contributed by atoms with Gasteiger partial charge >= 0.3 is 6.18 Å². The molecule has 1 aromatic heterocycles. The summed E-state index contributed by atoms with van der Waals surface area (Å²) < 4.78 is 37.8. The van der Waals surface area contributed by atoms with Crippen molar-refractivity contribution < 1.29 is 18.0 Å². The molecule has 0 saturated carbocycles. The lowest BCUT2D eigenvalue weighted by Crippen LogP contribution is -2.38. The maximum Gasteiger partial charge on any atom is 0.434 e. The molecule has 0 aliphatic rings. The highest BCUT2D eigenvalue weighted by molar-refractivity contribution is 7.09. The zero-order valence-electron chi connectivity index (χ0n) is 15.6. The third kappa shape index (κ3) is 7.18. The molecular formula is C18H22F3N5OS. The van der Waals surface area contributed by atoms with Crippen LogP contribution < -0.4 is 16.0 Å². The molecule has 3 N–H and O–H groups in total. The van der Waals surface area contributed by atoms with Gasteiger partial charge in [-0.3, -0.25) is 4.79 Å². The van der Waals surface area contributed by atoms with Crippen molar-refractivity contribution in [2.75, 3.05) is 18.4 Å². The van der Waals surface area contributed by atoms with Gasteiger partial charge in [-0.2, -0.15) is 13.2 Å². The summed E-state index contributed by atoms with van der Waals surface area (Å²) in [6.45, 7) is 4.80. The zero-order chi connectivity index (χ0) is 20.6. The number of aromatic nitrogens is 1. The van der Waals surface area contributed by atoms with Gasteiger partial charge in [0.2, 0.25) is 5.91 Å². The molecule has 0 saturated heterocycles. The number of amides is 1. The Balaban J connectivity index is 1.91. The highest BCUT2D eigenvalue weighted by Crippen LogP contribution is 2.29. The molecule has 0 bridgehead atoms. The van der Waals surface area contributed by atoms with Gasteiger partial charge in [-0.05, 0) is 24.6 Å². The van der Waals surface area contributed by atoms with E-state index in [0.29, 0.717) is 42.7 Å². The standard InChI is InChI=1S/C18H22F3N5OS/c1-3-22-17(23-8-7-16-26-15(11-28-16)18(19,20)21)24-10-13-5-4-6-14(9-13)25-12(2)27/h4-6,9,11H,3,7-8,10H2,1-2H3,(H,25,27)(H2,22,23,24). The SMILES string of the molecule is CCNC(=NCc1cccc(NC(C)=O)c1)NCCc1nc(C(F)(F)F)cs1. The van der Waals surface area contributed by atoms with Crippen LogP contribution in [0.15, 0.2) is 34.6 Å². The van der Waals surface area contributed by atoms with Crippen molar-refractivity contribution >= 4 is 28.9 Å². The van der Waals surface area contributed by atoms with Crippen LogP contribution in [0, 0.1) is 0 Å². The van der Waals surface area contributed by atoms with Gasteiger partial charge < -0.3 is 16.0 Å². The second kappa shape index (κ2) is 10.1. The number of hydrogen-bond acceptors (Lipinski definition) is 4. The number of benzene rings is 1. The van der Waals surface area contributed by atoms with Crippen LogP contribution in [0.4, 0.5) is 18.9 Å². The molecule has 0 aliphatic carbocycles. The van der Waals surface area contributed by atoms with E-state index in [4.69, 9.17) is 0 Å². The second-order valence-electron chi connectivity index (χ2n) is 5.88. The Morgan fingerprint density at radius 3 is 2.71 bits per heavy atom. The summed E-state index contributed by atoms with van der Waals surface area (Å²) in [6.07, 6.45) is -4.05. The summed E-state index contributed by atoms with van der Waals surface area (Å²) in [6, 6.07) is 7.35. The van der Waals surface area contributed by atoms with Gasteiger partial charge in [0.15, 0.2) is 11.7 Å². The molecule has 1 aromatic carbocycles. The van der Waals surface area contributed by atoms with E-state index in [1.54, 1.807) is 6.07 Å². The van der Waals surface area contributed by atoms with Crippen LogP contribution >= 0.6 is 11.3 Å². The number of guanidine groups is 1. The van der Waals surface area contributed by atoms with Crippen molar-refractivity contribution in [2.24, 2.45) is 4.99 Å². The van der Waals surface area contributed by atoms with E-state index in [0.717, 1.165) is 22.3 Å². The van der Waals surface area contributed by atoms with Crippen molar-refractivity contribution in [2.45, 2.75) is 33.0 Å². The summed E-state index contributed by atoms with van der Waals surface area (Å²) in [5, 5.41) is 10.3. The fourth-order valence-corrected chi connectivity index (χ4v) is 3.11. The predicted molar refractivity (Wildman–Crippen MR) is 104 cm³/mol. The van der Waals surface area contributed by atoms with Gasteiger partial charge in [0.25, 0.3) is 0 Å². The van der Waals surface area contributed by atoms with E-state index in [-0.39, 0.29) is 5.91 Å². The fourth-order valence-electron chi connectivity index (χ4n) is 2.31. The number of halogens is 3. The normalized spacial score (nSPS) is 12.0. The van der Waals surface area contributed by atoms with Crippen LogP contribution in [-0.2, 0) is 23.9 Å². The van der Waals surface area contributed by atoms with Crippen LogP contribution in [0.3, 0.4) is 0 Å². The first-order valence-corrected chi connectivity index (χ1v) is 9.56. The lowest BCUT2D eigenvalue weighted by molar-refractivity contribution is -0.140. The van der Waals surface area contributed by atoms with Crippen LogP contribution in [0.25, 0.3) is 0 Å².